The van der Waals surface area contributed by atoms with E-state index in [0.29, 0.717) is 19.1 Å². The third-order valence-corrected chi connectivity index (χ3v) is 3.96. The molecule has 0 atom stereocenters. The Kier molecular flexibility index (Phi) is 9.15. The molecule has 1 aromatic rings. The summed E-state index contributed by atoms with van der Waals surface area (Å²) in [5.41, 5.74) is 0. The number of carbonyl (C=O) groups is 1. The van der Waals surface area contributed by atoms with Gasteiger partial charge in [-0.1, -0.05) is 12.1 Å². The summed E-state index contributed by atoms with van der Waals surface area (Å²) in [6, 6.07) is 6.66. The summed E-state index contributed by atoms with van der Waals surface area (Å²) in [7, 11) is 3.80. The van der Waals surface area contributed by atoms with E-state index in [0.717, 1.165) is 19.4 Å². The van der Waals surface area contributed by atoms with Gasteiger partial charge in [-0.25, -0.2) is 9.18 Å². The fraction of sp³-hybridized carbons (Fsp3) is 0.611. The molecule has 0 radical (unpaired) electrons. The van der Waals surface area contributed by atoms with Crippen LogP contribution in [0.25, 0.3) is 0 Å². The molecule has 0 unspecified atom stereocenters. The van der Waals surface area contributed by atoms with E-state index in [1.165, 1.54) is 6.07 Å². The predicted molar refractivity (Wildman–Crippen MR) is 94.9 cm³/mol. The minimum Gasteiger partial charge on any atom is -0.489 e. The van der Waals surface area contributed by atoms with Crippen molar-refractivity contribution in [1.82, 2.24) is 15.1 Å². The van der Waals surface area contributed by atoms with Crippen molar-refractivity contribution in [3.8, 4) is 5.75 Å². The molecule has 0 fully saturated rings. The molecule has 2 amide bonds. The Hall–Kier alpha value is -1.82. The highest BCUT2D eigenvalue weighted by atomic mass is 19.1. The minimum atomic E-state index is -0.393. The highest BCUT2D eigenvalue weighted by Crippen LogP contribution is 2.14. The van der Waals surface area contributed by atoms with Gasteiger partial charge in [0.1, 0.15) is 6.61 Å². The van der Waals surface area contributed by atoms with Crippen LogP contribution in [0.5, 0.6) is 5.75 Å². The van der Waals surface area contributed by atoms with Crippen LogP contribution in [0.4, 0.5) is 9.18 Å². The van der Waals surface area contributed by atoms with Crippen LogP contribution >= 0.6 is 0 Å². The van der Waals surface area contributed by atoms with Gasteiger partial charge in [0.15, 0.2) is 11.6 Å². The van der Waals surface area contributed by atoms with Crippen molar-refractivity contribution < 1.29 is 13.9 Å². The number of benzene rings is 1. The fourth-order valence-corrected chi connectivity index (χ4v) is 2.03. The molecular weight excluding hydrogens is 309 g/mol. The van der Waals surface area contributed by atoms with Crippen molar-refractivity contribution in [2.75, 3.05) is 40.3 Å². The van der Waals surface area contributed by atoms with E-state index in [2.05, 4.69) is 31.1 Å². The lowest BCUT2D eigenvalue weighted by Gasteiger charge is -2.21. The van der Waals surface area contributed by atoms with E-state index in [1.54, 1.807) is 30.1 Å². The Morgan fingerprint density at radius 2 is 1.92 bits per heavy atom. The molecule has 0 aliphatic carbocycles. The van der Waals surface area contributed by atoms with Crippen molar-refractivity contribution in [3.05, 3.63) is 30.1 Å². The molecule has 1 N–H and O–H groups in total. The van der Waals surface area contributed by atoms with E-state index in [-0.39, 0.29) is 18.4 Å². The standard InChI is InChI=1S/C18H30FN3O2/c1-15(2)21(3)12-8-7-11-20-18(23)22(4)13-14-24-17-10-6-5-9-16(17)19/h5-6,9-10,15H,7-8,11-14H2,1-4H3,(H,20,23). The number of hydrogen-bond acceptors (Lipinski definition) is 3. The molecule has 0 aliphatic rings. The first-order valence-corrected chi connectivity index (χ1v) is 8.48. The van der Waals surface area contributed by atoms with E-state index < -0.39 is 5.82 Å². The Labute approximate surface area is 144 Å². The number of nitrogens with one attached hydrogen (secondary N) is 1. The number of likely N-dealkylation sites (N-methyl/N-ethyl adjacent to an activating group) is 1. The quantitative estimate of drug-likeness (QED) is 0.667. The van der Waals surface area contributed by atoms with Gasteiger partial charge in [0, 0.05) is 19.6 Å². The maximum absolute atomic E-state index is 13.4. The van der Waals surface area contributed by atoms with E-state index in [9.17, 15) is 9.18 Å². The lowest BCUT2D eigenvalue weighted by molar-refractivity contribution is 0.193. The number of ether oxygens (including phenoxy) is 1. The maximum atomic E-state index is 13.4. The summed E-state index contributed by atoms with van der Waals surface area (Å²) >= 11 is 0. The van der Waals surface area contributed by atoms with Gasteiger partial charge >= 0.3 is 6.03 Å². The van der Waals surface area contributed by atoms with Crippen LogP contribution in [-0.4, -0.2) is 62.2 Å². The predicted octanol–water partition coefficient (Wildman–Crippen LogP) is 2.97. The third-order valence-electron chi connectivity index (χ3n) is 3.96. The smallest absolute Gasteiger partial charge is 0.317 e. The molecule has 24 heavy (non-hydrogen) atoms. The number of hydrogen-bond donors (Lipinski definition) is 1. The van der Waals surface area contributed by atoms with Crippen LogP contribution in [0, 0.1) is 5.82 Å². The van der Waals surface area contributed by atoms with E-state index in [4.69, 9.17) is 4.74 Å². The summed E-state index contributed by atoms with van der Waals surface area (Å²) in [5, 5.41) is 2.88. The summed E-state index contributed by atoms with van der Waals surface area (Å²) in [4.78, 5) is 15.8. The van der Waals surface area contributed by atoms with Crippen LogP contribution in [0.3, 0.4) is 0 Å². The summed E-state index contributed by atoms with van der Waals surface area (Å²) < 4.78 is 18.7. The Morgan fingerprint density at radius 3 is 2.58 bits per heavy atom. The lowest BCUT2D eigenvalue weighted by atomic mass is 10.2. The number of nitrogens with zero attached hydrogens (tertiary/aromatic N) is 2. The summed E-state index contributed by atoms with van der Waals surface area (Å²) in [6.07, 6.45) is 2.00. The zero-order valence-electron chi connectivity index (χ0n) is 15.2. The molecule has 0 spiro atoms. The van der Waals surface area contributed by atoms with Crippen molar-refractivity contribution in [2.24, 2.45) is 0 Å². The number of unbranched alkanes of at least 4 members (excludes halogenated alkanes) is 1. The SMILES string of the molecule is CC(C)N(C)CCCCNC(=O)N(C)CCOc1ccccc1F. The van der Waals surface area contributed by atoms with Crippen LogP contribution < -0.4 is 10.1 Å². The lowest BCUT2D eigenvalue weighted by Crippen LogP contribution is -2.40. The molecule has 0 bridgehead atoms. The molecule has 0 saturated carbocycles. The molecule has 5 nitrogen and oxygen atoms in total. The highest BCUT2D eigenvalue weighted by Gasteiger charge is 2.09. The highest BCUT2D eigenvalue weighted by molar-refractivity contribution is 5.73. The van der Waals surface area contributed by atoms with Gasteiger partial charge in [-0.3, -0.25) is 0 Å². The van der Waals surface area contributed by atoms with Crippen molar-refractivity contribution in [1.29, 1.82) is 0 Å². The number of urea groups is 1. The second-order valence-electron chi connectivity index (χ2n) is 6.21. The monoisotopic (exact) mass is 339 g/mol. The third kappa shape index (κ3) is 7.64. The summed E-state index contributed by atoms with van der Waals surface area (Å²) in [6.45, 7) is 6.67. The molecular formula is C18H30FN3O2. The zero-order valence-corrected chi connectivity index (χ0v) is 15.2. The fourth-order valence-electron chi connectivity index (χ4n) is 2.03. The summed E-state index contributed by atoms with van der Waals surface area (Å²) in [5.74, 6) is -0.184. The van der Waals surface area contributed by atoms with Gasteiger partial charge in [0.25, 0.3) is 0 Å². The molecule has 1 rings (SSSR count). The number of rotatable bonds is 10. The van der Waals surface area contributed by atoms with Gasteiger partial charge in [0.2, 0.25) is 0 Å². The minimum absolute atomic E-state index is 0.135. The van der Waals surface area contributed by atoms with Gasteiger partial charge in [-0.15, -0.1) is 0 Å². The van der Waals surface area contributed by atoms with Gasteiger partial charge in [-0.2, -0.15) is 0 Å². The van der Waals surface area contributed by atoms with E-state index in [1.807, 2.05) is 0 Å². The molecule has 0 aromatic heterocycles. The Morgan fingerprint density at radius 1 is 1.21 bits per heavy atom. The Bertz CT molecular complexity index is 497. The number of halogens is 1. The molecule has 0 aliphatic heterocycles. The average molecular weight is 339 g/mol. The van der Waals surface area contributed by atoms with Crippen molar-refractivity contribution >= 4 is 6.03 Å². The van der Waals surface area contributed by atoms with Gasteiger partial charge in [-0.05, 0) is 52.4 Å². The molecule has 1 aromatic carbocycles. The second-order valence-corrected chi connectivity index (χ2v) is 6.21. The first-order chi connectivity index (χ1) is 11.4. The van der Waals surface area contributed by atoms with Crippen LogP contribution in [-0.2, 0) is 0 Å². The molecule has 0 heterocycles. The number of carbonyl (C=O) groups excluding carboxylic acids is 1. The van der Waals surface area contributed by atoms with Crippen molar-refractivity contribution in [2.45, 2.75) is 32.7 Å². The molecule has 6 heteroatoms. The first-order valence-electron chi connectivity index (χ1n) is 8.48. The topological polar surface area (TPSA) is 44.8 Å². The number of para-hydroxylation sites is 1. The van der Waals surface area contributed by atoms with Crippen LogP contribution in [0.2, 0.25) is 0 Å². The number of amides is 2. The van der Waals surface area contributed by atoms with Gasteiger partial charge < -0.3 is 19.9 Å². The van der Waals surface area contributed by atoms with E-state index >= 15 is 0 Å². The average Bonchev–Trinajstić information content (AvgIpc) is 2.55. The van der Waals surface area contributed by atoms with Gasteiger partial charge in [0.05, 0.1) is 6.54 Å². The van der Waals surface area contributed by atoms with Crippen LogP contribution in [0.15, 0.2) is 24.3 Å². The Balaban J connectivity index is 2.13. The molecule has 136 valence electrons. The second kappa shape index (κ2) is 10.9. The zero-order chi connectivity index (χ0) is 17.9. The first kappa shape index (κ1) is 20.2. The molecule has 0 saturated heterocycles. The maximum Gasteiger partial charge on any atom is 0.317 e. The van der Waals surface area contributed by atoms with Crippen molar-refractivity contribution in [3.63, 3.8) is 0 Å². The largest absolute Gasteiger partial charge is 0.489 e. The van der Waals surface area contributed by atoms with Crippen LogP contribution in [0.1, 0.15) is 26.7 Å². The normalized spacial score (nSPS) is 11.0.